The number of aromatic nitrogens is 3. The van der Waals surface area contributed by atoms with Crippen molar-refractivity contribution in [3.63, 3.8) is 0 Å². The Morgan fingerprint density at radius 3 is 2.69 bits per heavy atom. The third kappa shape index (κ3) is 5.90. The molecule has 0 aliphatic rings. The Balaban J connectivity index is 1.50. The summed E-state index contributed by atoms with van der Waals surface area (Å²) in [5, 5.41) is 17.2. The van der Waals surface area contributed by atoms with Crippen molar-refractivity contribution in [3.8, 4) is 11.4 Å². The van der Waals surface area contributed by atoms with E-state index in [1.165, 1.54) is 6.33 Å². The van der Waals surface area contributed by atoms with Gasteiger partial charge in [0.1, 0.15) is 25.0 Å². The highest BCUT2D eigenvalue weighted by molar-refractivity contribution is 6.00. The van der Waals surface area contributed by atoms with E-state index in [0.29, 0.717) is 17.9 Å². The molecule has 3 aromatic rings. The van der Waals surface area contributed by atoms with Gasteiger partial charge in [-0.15, -0.1) is 0 Å². The molecule has 1 heterocycles. The fourth-order valence-corrected chi connectivity index (χ4v) is 2.71. The van der Waals surface area contributed by atoms with Gasteiger partial charge in [-0.25, -0.2) is 9.67 Å². The van der Waals surface area contributed by atoms with Gasteiger partial charge in [0.05, 0.1) is 17.8 Å². The number of oxime groups is 1. The zero-order chi connectivity index (χ0) is 20.5. The summed E-state index contributed by atoms with van der Waals surface area (Å²) in [6, 6.07) is 14.8. The monoisotopic (exact) mass is 394 g/mol. The third-order valence-corrected chi connectivity index (χ3v) is 4.09. The Kier molecular flexibility index (Phi) is 6.94. The first-order valence-electron chi connectivity index (χ1n) is 9.23. The van der Waals surface area contributed by atoms with Crippen molar-refractivity contribution in [2.24, 2.45) is 5.16 Å². The zero-order valence-corrected chi connectivity index (χ0v) is 16.1. The van der Waals surface area contributed by atoms with Crippen LogP contribution in [-0.2, 0) is 16.1 Å². The number of rotatable bonds is 10. The molecule has 0 aliphatic carbocycles. The molecule has 8 heteroatoms. The second-order valence-electron chi connectivity index (χ2n) is 6.18. The molecule has 8 nitrogen and oxygen atoms in total. The molecule has 0 radical (unpaired) electrons. The maximum Gasteiger partial charge on any atom is 0.307 e. The summed E-state index contributed by atoms with van der Waals surface area (Å²) in [6.07, 6.45) is 3.82. The number of hydrogen-bond donors (Lipinski definition) is 1. The molecular weight excluding hydrogens is 372 g/mol. The van der Waals surface area contributed by atoms with Gasteiger partial charge in [0.15, 0.2) is 6.61 Å². The van der Waals surface area contributed by atoms with Crippen molar-refractivity contribution < 1.29 is 19.5 Å². The van der Waals surface area contributed by atoms with Crippen LogP contribution in [0.15, 0.2) is 66.3 Å². The molecule has 0 saturated heterocycles. The van der Waals surface area contributed by atoms with Gasteiger partial charge in [0.2, 0.25) is 0 Å². The maximum atomic E-state index is 10.8. The van der Waals surface area contributed by atoms with Crippen molar-refractivity contribution in [3.05, 3.63) is 72.3 Å². The quantitative estimate of drug-likeness (QED) is 0.322. The molecule has 1 N–H and O–H groups in total. The normalized spacial score (nSPS) is 11.3. The molecule has 1 aromatic heterocycles. The van der Waals surface area contributed by atoms with Crippen LogP contribution in [0.2, 0.25) is 0 Å². The molecule has 0 aliphatic heterocycles. The lowest BCUT2D eigenvalue weighted by Crippen LogP contribution is -2.07. The minimum absolute atomic E-state index is 0.0342. The third-order valence-electron chi connectivity index (χ3n) is 4.09. The van der Waals surface area contributed by atoms with Crippen LogP contribution in [0.3, 0.4) is 0 Å². The van der Waals surface area contributed by atoms with E-state index in [4.69, 9.17) is 14.7 Å². The molecule has 3 rings (SSSR count). The highest BCUT2D eigenvalue weighted by Crippen LogP contribution is 2.14. The highest BCUT2D eigenvalue weighted by Gasteiger charge is 2.05. The summed E-state index contributed by atoms with van der Waals surface area (Å²) < 4.78 is 7.29. The Hall–Kier alpha value is -3.68. The van der Waals surface area contributed by atoms with Crippen LogP contribution < -0.4 is 4.74 Å². The van der Waals surface area contributed by atoms with Crippen molar-refractivity contribution in [1.29, 1.82) is 0 Å². The second-order valence-corrected chi connectivity index (χ2v) is 6.18. The van der Waals surface area contributed by atoms with E-state index in [2.05, 4.69) is 15.2 Å². The molecule has 29 heavy (non-hydrogen) atoms. The van der Waals surface area contributed by atoms with Crippen molar-refractivity contribution in [2.75, 3.05) is 13.2 Å². The minimum Gasteiger partial charge on any atom is -0.490 e. The Morgan fingerprint density at radius 2 is 2.00 bits per heavy atom. The van der Waals surface area contributed by atoms with Gasteiger partial charge in [-0.1, -0.05) is 36.3 Å². The lowest BCUT2D eigenvalue weighted by Gasteiger charge is -2.08. The van der Waals surface area contributed by atoms with E-state index >= 15 is 0 Å². The van der Waals surface area contributed by atoms with Crippen LogP contribution in [0.5, 0.6) is 5.75 Å². The molecule has 0 bridgehead atoms. The van der Waals surface area contributed by atoms with Crippen LogP contribution in [0.4, 0.5) is 0 Å². The van der Waals surface area contributed by atoms with E-state index < -0.39 is 5.97 Å². The molecule has 0 saturated carbocycles. The van der Waals surface area contributed by atoms with Crippen LogP contribution in [0.25, 0.3) is 5.69 Å². The molecule has 150 valence electrons. The molecular formula is C21H22N4O4. The van der Waals surface area contributed by atoms with E-state index in [1.807, 2.05) is 31.2 Å². The Labute approximate surface area is 168 Å². The van der Waals surface area contributed by atoms with Crippen LogP contribution >= 0.6 is 0 Å². The first-order chi connectivity index (χ1) is 14.2. The van der Waals surface area contributed by atoms with Crippen molar-refractivity contribution in [1.82, 2.24) is 14.8 Å². The van der Waals surface area contributed by atoms with Crippen LogP contribution in [-0.4, -0.2) is 44.8 Å². The van der Waals surface area contributed by atoms with E-state index in [-0.39, 0.29) is 13.0 Å². The van der Waals surface area contributed by atoms with Crippen molar-refractivity contribution in [2.45, 2.75) is 19.8 Å². The average Bonchev–Trinajstić information content (AvgIpc) is 3.26. The molecule has 0 fully saturated rings. The van der Waals surface area contributed by atoms with E-state index in [0.717, 1.165) is 23.4 Å². The largest absolute Gasteiger partial charge is 0.490 e. The molecule has 0 unspecified atom stereocenters. The summed E-state index contributed by atoms with van der Waals surface area (Å²) in [5.74, 6) is -0.267. The van der Waals surface area contributed by atoms with Crippen molar-refractivity contribution >= 4 is 11.7 Å². The fourth-order valence-electron chi connectivity index (χ4n) is 2.71. The lowest BCUT2D eigenvalue weighted by atomic mass is 10.1. The Bertz CT molecular complexity index is 953. The topological polar surface area (TPSA) is 98.8 Å². The number of carboxylic acid groups (broad SMARTS) is 1. The summed E-state index contributed by atoms with van der Waals surface area (Å²) in [6.45, 7) is 2.60. The number of nitrogens with zero attached hydrogens (tertiary/aromatic N) is 4. The zero-order valence-electron chi connectivity index (χ0n) is 16.1. The number of aliphatic carboxylic acids is 1. The summed E-state index contributed by atoms with van der Waals surface area (Å²) in [7, 11) is 0. The molecule has 0 amide bonds. The van der Waals surface area contributed by atoms with E-state index in [1.54, 1.807) is 35.3 Å². The summed E-state index contributed by atoms with van der Waals surface area (Å²) in [5.41, 5.74) is 3.41. The van der Waals surface area contributed by atoms with Gasteiger partial charge in [0.25, 0.3) is 0 Å². The minimum atomic E-state index is -0.874. The molecule has 2 aromatic carbocycles. The van der Waals surface area contributed by atoms with Gasteiger partial charge in [-0.05, 0) is 41.8 Å². The number of carbonyl (C=O) groups is 1. The smallest absolute Gasteiger partial charge is 0.307 e. The second kappa shape index (κ2) is 10.0. The van der Waals surface area contributed by atoms with E-state index in [9.17, 15) is 4.79 Å². The average molecular weight is 394 g/mol. The molecule has 0 spiro atoms. The first kappa shape index (κ1) is 20.1. The maximum absolute atomic E-state index is 10.8. The molecule has 0 atom stereocenters. The number of hydrogen-bond acceptors (Lipinski definition) is 6. The number of benzene rings is 2. The predicted octanol–water partition coefficient (Wildman–Crippen LogP) is 3.10. The lowest BCUT2D eigenvalue weighted by molar-refractivity contribution is -0.136. The SMILES string of the molecule is CC/C(=N\OCCOc1cccc(CC(=O)O)c1)c1ccc(-n2cncn2)cc1. The van der Waals surface area contributed by atoms with Gasteiger partial charge in [-0.3, -0.25) is 4.79 Å². The van der Waals surface area contributed by atoms with Gasteiger partial charge >= 0.3 is 5.97 Å². The summed E-state index contributed by atoms with van der Waals surface area (Å²) in [4.78, 5) is 20.1. The van der Waals surface area contributed by atoms with Gasteiger partial charge in [-0.2, -0.15) is 5.10 Å². The number of ether oxygens (including phenoxy) is 1. The first-order valence-corrected chi connectivity index (χ1v) is 9.23. The van der Waals surface area contributed by atoms with Gasteiger partial charge < -0.3 is 14.7 Å². The number of carboxylic acids is 1. The fraction of sp³-hybridized carbons (Fsp3) is 0.238. The predicted molar refractivity (Wildman–Crippen MR) is 107 cm³/mol. The van der Waals surface area contributed by atoms with Crippen LogP contribution in [0.1, 0.15) is 24.5 Å². The van der Waals surface area contributed by atoms with Gasteiger partial charge in [0, 0.05) is 0 Å². The Morgan fingerprint density at radius 1 is 1.17 bits per heavy atom. The standard InChI is InChI=1S/C21H22N4O4/c1-2-20(17-6-8-18(9-7-17)25-15-22-14-23-25)24-29-11-10-28-19-5-3-4-16(12-19)13-21(26)27/h3-9,12,14-15H,2,10-11,13H2,1H3,(H,26,27)/b24-20+. The van der Waals surface area contributed by atoms with Crippen LogP contribution in [0, 0.1) is 0 Å². The summed E-state index contributed by atoms with van der Waals surface area (Å²) >= 11 is 0. The highest BCUT2D eigenvalue weighted by atomic mass is 16.6.